The summed E-state index contributed by atoms with van der Waals surface area (Å²) < 4.78 is 0. The Balaban J connectivity index is 1.61. The van der Waals surface area contributed by atoms with Crippen LogP contribution in [0, 0.1) is 11.8 Å². The number of rotatable bonds is 1. The Morgan fingerprint density at radius 2 is 1.85 bits per heavy atom. The van der Waals surface area contributed by atoms with Crippen LogP contribution in [0.25, 0.3) is 11.0 Å². The standard InChI is InChI=1S/C15H16N4O/c20-15(19-8-10-5-16-6-11(10)9-19)14-7-17-12-3-1-2-4-13(12)18-14/h1-4,7,10-11,16H,5-6,8-9H2. The molecule has 1 aromatic heterocycles. The Hall–Kier alpha value is -2.01. The highest BCUT2D eigenvalue weighted by molar-refractivity contribution is 5.94. The predicted molar refractivity (Wildman–Crippen MR) is 75.3 cm³/mol. The maximum absolute atomic E-state index is 12.5. The molecule has 1 aromatic carbocycles. The summed E-state index contributed by atoms with van der Waals surface area (Å²) in [6.07, 6.45) is 1.59. The molecule has 5 nitrogen and oxygen atoms in total. The normalized spacial score (nSPS) is 25.1. The molecule has 0 bridgehead atoms. The summed E-state index contributed by atoms with van der Waals surface area (Å²) >= 11 is 0. The van der Waals surface area contributed by atoms with E-state index in [1.165, 1.54) is 0 Å². The van der Waals surface area contributed by atoms with Gasteiger partial charge in [-0.15, -0.1) is 0 Å². The second-order valence-electron chi connectivity index (χ2n) is 5.63. The van der Waals surface area contributed by atoms with E-state index < -0.39 is 0 Å². The van der Waals surface area contributed by atoms with Crippen molar-refractivity contribution in [2.24, 2.45) is 11.8 Å². The van der Waals surface area contributed by atoms with Crippen LogP contribution in [0.2, 0.25) is 0 Å². The second-order valence-corrected chi connectivity index (χ2v) is 5.63. The lowest BCUT2D eigenvalue weighted by molar-refractivity contribution is 0.0776. The van der Waals surface area contributed by atoms with Crippen molar-refractivity contribution in [3.63, 3.8) is 0 Å². The zero-order valence-electron chi connectivity index (χ0n) is 11.1. The van der Waals surface area contributed by atoms with Gasteiger partial charge in [0.05, 0.1) is 17.2 Å². The highest BCUT2D eigenvalue weighted by atomic mass is 16.2. The molecule has 102 valence electrons. The summed E-state index contributed by atoms with van der Waals surface area (Å²) in [5.74, 6) is 1.22. The van der Waals surface area contributed by atoms with Gasteiger partial charge in [0.15, 0.2) is 0 Å². The molecule has 20 heavy (non-hydrogen) atoms. The van der Waals surface area contributed by atoms with Crippen molar-refractivity contribution in [2.45, 2.75) is 0 Å². The lowest BCUT2D eigenvalue weighted by Gasteiger charge is -2.16. The van der Waals surface area contributed by atoms with Crippen molar-refractivity contribution >= 4 is 16.9 Å². The van der Waals surface area contributed by atoms with Crippen LogP contribution in [0.4, 0.5) is 0 Å². The SMILES string of the molecule is O=C(c1cnc2ccccc2n1)N1CC2CNCC2C1. The molecule has 0 saturated carbocycles. The first-order valence-corrected chi connectivity index (χ1v) is 7.03. The van der Waals surface area contributed by atoms with E-state index >= 15 is 0 Å². The van der Waals surface area contributed by atoms with Gasteiger partial charge < -0.3 is 10.2 Å². The Kier molecular flexibility index (Phi) is 2.67. The topological polar surface area (TPSA) is 58.1 Å². The number of fused-ring (bicyclic) bond motifs is 2. The zero-order chi connectivity index (χ0) is 13.5. The molecule has 2 aromatic rings. The van der Waals surface area contributed by atoms with Crippen LogP contribution >= 0.6 is 0 Å². The van der Waals surface area contributed by atoms with E-state index in [-0.39, 0.29) is 5.91 Å². The zero-order valence-corrected chi connectivity index (χ0v) is 11.1. The minimum atomic E-state index is 0.0117. The molecule has 0 aliphatic carbocycles. The lowest BCUT2D eigenvalue weighted by atomic mass is 10.0. The van der Waals surface area contributed by atoms with Gasteiger partial charge in [-0.1, -0.05) is 12.1 Å². The summed E-state index contributed by atoms with van der Waals surface area (Å²) in [5.41, 5.74) is 2.06. The summed E-state index contributed by atoms with van der Waals surface area (Å²) in [6, 6.07) is 7.63. The largest absolute Gasteiger partial charge is 0.337 e. The number of amides is 1. The third kappa shape index (κ3) is 1.86. The first kappa shape index (κ1) is 11.8. The van der Waals surface area contributed by atoms with Gasteiger partial charge in [0.2, 0.25) is 0 Å². The molecular weight excluding hydrogens is 252 g/mol. The van der Waals surface area contributed by atoms with Crippen molar-refractivity contribution < 1.29 is 4.79 Å². The van der Waals surface area contributed by atoms with E-state index in [2.05, 4.69) is 15.3 Å². The number of nitrogens with one attached hydrogen (secondary N) is 1. The number of carbonyl (C=O) groups is 1. The van der Waals surface area contributed by atoms with Crippen molar-refractivity contribution in [1.29, 1.82) is 0 Å². The maximum Gasteiger partial charge on any atom is 0.274 e. The van der Waals surface area contributed by atoms with E-state index in [1.54, 1.807) is 6.20 Å². The van der Waals surface area contributed by atoms with Gasteiger partial charge in [0, 0.05) is 26.2 Å². The van der Waals surface area contributed by atoms with Gasteiger partial charge in [0.1, 0.15) is 5.69 Å². The Labute approximate surface area is 117 Å². The fourth-order valence-corrected chi connectivity index (χ4v) is 3.24. The molecule has 1 N–H and O–H groups in total. The molecule has 2 fully saturated rings. The number of hydrogen-bond acceptors (Lipinski definition) is 4. The molecule has 2 unspecified atom stereocenters. The fourth-order valence-electron chi connectivity index (χ4n) is 3.24. The number of hydrogen-bond donors (Lipinski definition) is 1. The first-order chi connectivity index (χ1) is 9.81. The number of carbonyl (C=O) groups excluding carboxylic acids is 1. The van der Waals surface area contributed by atoms with Crippen LogP contribution in [0.1, 0.15) is 10.5 Å². The predicted octanol–water partition coefficient (Wildman–Crippen LogP) is 0.921. The van der Waals surface area contributed by atoms with Crippen molar-refractivity contribution in [3.8, 4) is 0 Å². The van der Waals surface area contributed by atoms with Gasteiger partial charge >= 0.3 is 0 Å². The average molecular weight is 268 g/mol. The van der Waals surface area contributed by atoms with E-state index in [0.29, 0.717) is 17.5 Å². The molecule has 2 atom stereocenters. The van der Waals surface area contributed by atoms with Crippen LogP contribution in [-0.4, -0.2) is 47.0 Å². The second kappa shape index (κ2) is 4.52. The van der Waals surface area contributed by atoms with Crippen LogP contribution in [0.5, 0.6) is 0 Å². The van der Waals surface area contributed by atoms with E-state index in [4.69, 9.17) is 0 Å². The molecule has 5 heteroatoms. The molecule has 0 spiro atoms. The fraction of sp³-hybridized carbons (Fsp3) is 0.400. The molecule has 0 radical (unpaired) electrons. The Morgan fingerprint density at radius 1 is 1.15 bits per heavy atom. The highest BCUT2D eigenvalue weighted by Gasteiger charge is 2.38. The van der Waals surface area contributed by atoms with E-state index in [9.17, 15) is 4.79 Å². The number of likely N-dealkylation sites (tertiary alicyclic amines) is 1. The number of nitrogens with zero attached hydrogens (tertiary/aromatic N) is 3. The Morgan fingerprint density at radius 3 is 2.60 bits per heavy atom. The molecule has 2 aliphatic rings. The highest BCUT2D eigenvalue weighted by Crippen LogP contribution is 2.27. The summed E-state index contributed by atoms with van der Waals surface area (Å²) in [7, 11) is 0. The van der Waals surface area contributed by atoms with E-state index in [0.717, 1.165) is 37.2 Å². The van der Waals surface area contributed by atoms with Gasteiger partial charge in [-0.25, -0.2) is 4.98 Å². The van der Waals surface area contributed by atoms with Crippen LogP contribution in [0.15, 0.2) is 30.5 Å². The maximum atomic E-state index is 12.5. The van der Waals surface area contributed by atoms with Gasteiger partial charge in [-0.3, -0.25) is 9.78 Å². The number of para-hydroxylation sites is 2. The third-order valence-corrected chi connectivity index (χ3v) is 4.34. The van der Waals surface area contributed by atoms with Crippen molar-refractivity contribution in [2.75, 3.05) is 26.2 Å². The molecule has 1 amide bonds. The minimum Gasteiger partial charge on any atom is -0.337 e. The summed E-state index contributed by atoms with van der Waals surface area (Å²) in [4.78, 5) is 23.2. The summed E-state index contributed by atoms with van der Waals surface area (Å²) in [5, 5.41) is 3.38. The van der Waals surface area contributed by atoms with Crippen LogP contribution in [0.3, 0.4) is 0 Å². The van der Waals surface area contributed by atoms with Crippen LogP contribution in [-0.2, 0) is 0 Å². The molecule has 2 saturated heterocycles. The van der Waals surface area contributed by atoms with Gasteiger partial charge in [-0.2, -0.15) is 0 Å². The Bertz CT molecular complexity index is 660. The van der Waals surface area contributed by atoms with Crippen LogP contribution < -0.4 is 5.32 Å². The lowest BCUT2D eigenvalue weighted by Crippen LogP contribution is -2.32. The average Bonchev–Trinajstić information content (AvgIpc) is 3.07. The number of aromatic nitrogens is 2. The monoisotopic (exact) mass is 268 g/mol. The minimum absolute atomic E-state index is 0.0117. The van der Waals surface area contributed by atoms with Gasteiger partial charge in [-0.05, 0) is 24.0 Å². The van der Waals surface area contributed by atoms with Gasteiger partial charge in [0.25, 0.3) is 5.91 Å². The molecule has 3 heterocycles. The van der Waals surface area contributed by atoms with Crippen molar-refractivity contribution in [1.82, 2.24) is 20.2 Å². The smallest absolute Gasteiger partial charge is 0.274 e. The number of benzene rings is 1. The quantitative estimate of drug-likeness (QED) is 0.835. The molecule has 4 rings (SSSR count). The first-order valence-electron chi connectivity index (χ1n) is 7.03. The molecule has 2 aliphatic heterocycles. The van der Waals surface area contributed by atoms with E-state index in [1.807, 2.05) is 29.2 Å². The van der Waals surface area contributed by atoms with Crippen molar-refractivity contribution in [3.05, 3.63) is 36.2 Å². The molecular formula is C15H16N4O. The third-order valence-electron chi connectivity index (χ3n) is 4.34. The summed E-state index contributed by atoms with van der Waals surface area (Å²) in [6.45, 7) is 3.73.